The first kappa shape index (κ1) is 16.0. The van der Waals surface area contributed by atoms with Crippen molar-refractivity contribution in [3.05, 3.63) is 0 Å². The number of nitrogens with zero attached hydrogens (tertiary/aromatic N) is 1. The maximum absolute atomic E-state index is 12.1. The van der Waals surface area contributed by atoms with Crippen molar-refractivity contribution in [2.24, 2.45) is 5.92 Å². The Morgan fingerprint density at radius 2 is 2.29 bits per heavy atom. The first-order valence-corrected chi connectivity index (χ1v) is 7.54. The Bertz CT molecular complexity index is 370. The molecule has 120 valence electrons. The van der Waals surface area contributed by atoms with Gasteiger partial charge in [0.05, 0.1) is 31.3 Å². The highest BCUT2D eigenvalue weighted by atomic mass is 16.5. The van der Waals surface area contributed by atoms with Gasteiger partial charge in [0.2, 0.25) is 0 Å². The summed E-state index contributed by atoms with van der Waals surface area (Å²) >= 11 is 0. The van der Waals surface area contributed by atoms with Crippen molar-refractivity contribution >= 4 is 12.0 Å². The number of hydrogen-bond acceptors (Lipinski definition) is 4. The highest BCUT2D eigenvalue weighted by Crippen LogP contribution is 2.16. The van der Waals surface area contributed by atoms with E-state index in [0.29, 0.717) is 26.2 Å². The van der Waals surface area contributed by atoms with Gasteiger partial charge in [-0.2, -0.15) is 0 Å². The fourth-order valence-corrected chi connectivity index (χ4v) is 2.63. The van der Waals surface area contributed by atoms with E-state index < -0.39 is 11.9 Å². The highest BCUT2D eigenvalue weighted by Gasteiger charge is 2.28. The second-order valence-corrected chi connectivity index (χ2v) is 5.79. The molecule has 2 aliphatic heterocycles. The van der Waals surface area contributed by atoms with Crippen LogP contribution in [-0.2, 0) is 14.3 Å². The molecule has 7 heteroatoms. The van der Waals surface area contributed by atoms with Crippen LogP contribution in [0.4, 0.5) is 4.79 Å². The fraction of sp³-hybridized carbons (Fsp3) is 0.857. The first-order chi connectivity index (χ1) is 10.1. The Morgan fingerprint density at radius 1 is 1.48 bits per heavy atom. The second-order valence-electron chi connectivity index (χ2n) is 5.79. The third kappa shape index (κ3) is 4.86. The summed E-state index contributed by atoms with van der Waals surface area (Å²) in [6.07, 6.45) is 2.39. The number of carboxylic acid groups (broad SMARTS) is 1. The number of likely N-dealkylation sites (tertiary alicyclic amines) is 1. The van der Waals surface area contributed by atoms with Gasteiger partial charge < -0.3 is 24.8 Å². The zero-order valence-electron chi connectivity index (χ0n) is 12.4. The lowest BCUT2D eigenvalue weighted by molar-refractivity contribution is -0.143. The van der Waals surface area contributed by atoms with Gasteiger partial charge in [0.15, 0.2) is 0 Å². The van der Waals surface area contributed by atoms with E-state index in [4.69, 9.17) is 14.6 Å². The normalized spacial score (nSPS) is 27.4. The molecule has 2 amide bonds. The molecule has 0 aliphatic carbocycles. The van der Waals surface area contributed by atoms with Crippen molar-refractivity contribution in [1.82, 2.24) is 10.2 Å². The van der Waals surface area contributed by atoms with Crippen molar-refractivity contribution in [2.75, 3.05) is 32.9 Å². The van der Waals surface area contributed by atoms with E-state index >= 15 is 0 Å². The van der Waals surface area contributed by atoms with Gasteiger partial charge in [-0.05, 0) is 26.2 Å². The molecule has 2 N–H and O–H groups in total. The lowest BCUT2D eigenvalue weighted by Crippen LogP contribution is -2.50. The number of nitrogens with one attached hydrogen (secondary N) is 1. The molecule has 3 atom stereocenters. The minimum Gasteiger partial charge on any atom is -0.481 e. The van der Waals surface area contributed by atoms with Crippen molar-refractivity contribution in [1.29, 1.82) is 0 Å². The quantitative estimate of drug-likeness (QED) is 0.780. The van der Waals surface area contributed by atoms with Crippen molar-refractivity contribution in [3.63, 3.8) is 0 Å². The maximum atomic E-state index is 12.1. The molecule has 0 saturated carbocycles. The molecule has 7 nitrogen and oxygen atoms in total. The van der Waals surface area contributed by atoms with E-state index in [1.807, 2.05) is 6.92 Å². The van der Waals surface area contributed by atoms with Crippen LogP contribution in [0.2, 0.25) is 0 Å². The van der Waals surface area contributed by atoms with E-state index in [0.717, 1.165) is 19.4 Å². The SMILES string of the molecule is CC(COC1CCOC1)NC(=O)N1CCCC(C(=O)O)C1. The number of carboxylic acids is 1. The molecule has 0 aromatic heterocycles. The van der Waals surface area contributed by atoms with Crippen LogP contribution in [0.15, 0.2) is 0 Å². The largest absolute Gasteiger partial charge is 0.481 e. The fourth-order valence-electron chi connectivity index (χ4n) is 2.63. The van der Waals surface area contributed by atoms with Crippen LogP contribution in [0.3, 0.4) is 0 Å². The third-order valence-corrected chi connectivity index (χ3v) is 3.90. The summed E-state index contributed by atoms with van der Waals surface area (Å²) in [5.74, 6) is -1.28. The predicted octanol–water partition coefficient (Wildman–Crippen LogP) is 0.687. The number of amides is 2. The Kier molecular flexibility index (Phi) is 5.81. The Hall–Kier alpha value is -1.34. The number of piperidine rings is 1. The van der Waals surface area contributed by atoms with Crippen LogP contribution in [0, 0.1) is 5.92 Å². The van der Waals surface area contributed by atoms with E-state index in [1.54, 1.807) is 4.90 Å². The van der Waals surface area contributed by atoms with Gasteiger partial charge in [0.1, 0.15) is 0 Å². The zero-order chi connectivity index (χ0) is 15.2. The molecule has 0 spiro atoms. The summed E-state index contributed by atoms with van der Waals surface area (Å²) < 4.78 is 10.9. The van der Waals surface area contributed by atoms with Crippen LogP contribution >= 0.6 is 0 Å². The number of rotatable bonds is 5. The first-order valence-electron chi connectivity index (χ1n) is 7.54. The van der Waals surface area contributed by atoms with Gasteiger partial charge in [-0.3, -0.25) is 4.79 Å². The number of ether oxygens (including phenoxy) is 2. The molecular formula is C14H24N2O5. The highest BCUT2D eigenvalue weighted by molar-refractivity contribution is 5.76. The number of hydrogen-bond donors (Lipinski definition) is 2. The summed E-state index contributed by atoms with van der Waals surface area (Å²) in [4.78, 5) is 24.7. The monoisotopic (exact) mass is 300 g/mol. The van der Waals surface area contributed by atoms with E-state index in [9.17, 15) is 9.59 Å². The lowest BCUT2D eigenvalue weighted by Gasteiger charge is -2.31. The van der Waals surface area contributed by atoms with Crippen molar-refractivity contribution < 1.29 is 24.2 Å². The van der Waals surface area contributed by atoms with Crippen LogP contribution in [0.5, 0.6) is 0 Å². The number of urea groups is 1. The summed E-state index contributed by atoms with van der Waals surface area (Å²) in [5.41, 5.74) is 0. The molecule has 2 aliphatic rings. The van der Waals surface area contributed by atoms with E-state index in [1.165, 1.54) is 0 Å². The standard InChI is InChI=1S/C14H24N2O5/c1-10(8-21-12-4-6-20-9-12)15-14(19)16-5-2-3-11(7-16)13(17)18/h10-12H,2-9H2,1H3,(H,15,19)(H,17,18). The van der Waals surface area contributed by atoms with Gasteiger partial charge in [-0.15, -0.1) is 0 Å². The molecule has 0 radical (unpaired) electrons. The van der Waals surface area contributed by atoms with Crippen molar-refractivity contribution in [2.45, 2.75) is 38.3 Å². The Morgan fingerprint density at radius 3 is 2.95 bits per heavy atom. The van der Waals surface area contributed by atoms with Gasteiger partial charge in [-0.1, -0.05) is 0 Å². The van der Waals surface area contributed by atoms with Crippen LogP contribution in [0.25, 0.3) is 0 Å². The predicted molar refractivity (Wildman–Crippen MR) is 75.1 cm³/mol. The number of carbonyl (C=O) groups excluding carboxylic acids is 1. The topological polar surface area (TPSA) is 88.1 Å². The minimum absolute atomic E-state index is 0.108. The molecule has 21 heavy (non-hydrogen) atoms. The molecule has 3 unspecified atom stereocenters. The molecule has 0 aromatic rings. The van der Waals surface area contributed by atoms with Gasteiger partial charge in [-0.25, -0.2) is 4.79 Å². The molecule has 0 aromatic carbocycles. The molecule has 2 rings (SSSR count). The zero-order valence-corrected chi connectivity index (χ0v) is 12.4. The lowest BCUT2D eigenvalue weighted by atomic mass is 9.99. The summed E-state index contributed by atoms with van der Waals surface area (Å²) in [6, 6.07) is -0.317. The van der Waals surface area contributed by atoms with Gasteiger partial charge in [0.25, 0.3) is 0 Å². The molecule has 0 bridgehead atoms. The van der Waals surface area contributed by atoms with Crippen molar-refractivity contribution in [3.8, 4) is 0 Å². The smallest absolute Gasteiger partial charge is 0.317 e. The van der Waals surface area contributed by atoms with Crippen LogP contribution in [-0.4, -0.2) is 67.1 Å². The average molecular weight is 300 g/mol. The molecule has 2 saturated heterocycles. The summed E-state index contributed by atoms with van der Waals surface area (Å²) in [7, 11) is 0. The summed E-state index contributed by atoms with van der Waals surface area (Å²) in [5, 5.41) is 11.9. The van der Waals surface area contributed by atoms with Gasteiger partial charge >= 0.3 is 12.0 Å². The molecular weight excluding hydrogens is 276 g/mol. The van der Waals surface area contributed by atoms with E-state index in [2.05, 4.69) is 5.32 Å². The Balaban J connectivity index is 1.70. The van der Waals surface area contributed by atoms with Gasteiger partial charge in [0, 0.05) is 19.7 Å². The number of aliphatic carboxylic acids is 1. The molecule has 2 heterocycles. The maximum Gasteiger partial charge on any atom is 0.317 e. The average Bonchev–Trinajstić information content (AvgIpc) is 2.98. The van der Waals surface area contributed by atoms with E-state index in [-0.39, 0.29) is 24.7 Å². The van der Waals surface area contributed by atoms with Crippen LogP contribution in [0.1, 0.15) is 26.2 Å². The summed E-state index contributed by atoms with van der Waals surface area (Å²) in [6.45, 7) is 4.57. The van der Waals surface area contributed by atoms with Crippen LogP contribution < -0.4 is 5.32 Å². The minimum atomic E-state index is -0.829. The second kappa shape index (κ2) is 7.61. The third-order valence-electron chi connectivity index (χ3n) is 3.90. The Labute approximate surface area is 124 Å². The number of carbonyl (C=O) groups is 2. The molecule has 2 fully saturated rings.